The molecule has 0 unspecified atom stereocenters. The van der Waals surface area contributed by atoms with Crippen LogP contribution in [-0.4, -0.2) is 57.7 Å². The topological polar surface area (TPSA) is 35.5 Å². The SMILES string of the molecule is COC[N+](C)(C)CCOC(=O)C(F)(F)F. The lowest BCUT2D eigenvalue weighted by Crippen LogP contribution is -2.44. The van der Waals surface area contributed by atoms with E-state index in [2.05, 4.69) is 4.74 Å². The number of carbonyl (C=O) groups is 1. The average Bonchev–Trinajstić information content (AvgIpc) is 2.01. The molecule has 7 heteroatoms. The third-order valence-electron chi connectivity index (χ3n) is 1.64. The fourth-order valence-electron chi connectivity index (χ4n) is 0.881. The van der Waals surface area contributed by atoms with Gasteiger partial charge in [-0.15, -0.1) is 0 Å². The van der Waals surface area contributed by atoms with Crippen LogP contribution in [0.15, 0.2) is 0 Å². The van der Waals surface area contributed by atoms with Crippen LogP contribution in [-0.2, 0) is 14.3 Å². The highest BCUT2D eigenvalue weighted by molar-refractivity contribution is 5.75. The van der Waals surface area contributed by atoms with E-state index in [0.717, 1.165) is 0 Å². The van der Waals surface area contributed by atoms with E-state index < -0.39 is 12.1 Å². The minimum absolute atomic E-state index is 0.260. The maximum Gasteiger partial charge on any atom is 0.490 e. The van der Waals surface area contributed by atoms with Gasteiger partial charge in [0, 0.05) is 7.11 Å². The van der Waals surface area contributed by atoms with Gasteiger partial charge in [0.15, 0.2) is 6.73 Å². The van der Waals surface area contributed by atoms with Crippen molar-refractivity contribution in [3.63, 3.8) is 0 Å². The summed E-state index contributed by atoms with van der Waals surface area (Å²) in [7, 11) is 5.00. The van der Waals surface area contributed by atoms with Gasteiger partial charge in [0.25, 0.3) is 0 Å². The molecule has 0 aliphatic heterocycles. The van der Waals surface area contributed by atoms with Crippen LogP contribution in [0.25, 0.3) is 0 Å². The smallest absolute Gasteiger partial charge is 0.453 e. The normalized spacial score (nSPS) is 12.7. The first-order chi connectivity index (χ1) is 6.69. The van der Waals surface area contributed by atoms with Crippen molar-refractivity contribution in [3.8, 4) is 0 Å². The van der Waals surface area contributed by atoms with Gasteiger partial charge in [-0.25, -0.2) is 4.79 Å². The molecule has 0 spiro atoms. The first-order valence-electron chi connectivity index (χ1n) is 4.24. The average molecular weight is 230 g/mol. The Labute approximate surface area is 86.1 Å². The van der Waals surface area contributed by atoms with Crippen LogP contribution in [0.3, 0.4) is 0 Å². The second-order valence-corrected chi connectivity index (χ2v) is 3.71. The van der Waals surface area contributed by atoms with Crippen LogP contribution in [0, 0.1) is 0 Å². The van der Waals surface area contributed by atoms with Crippen molar-refractivity contribution in [2.24, 2.45) is 0 Å². The van der Waals surface area contributed by atoms with E-state index in [4.69, 9.17) is 4.74 Å². The molecule has 0 heterocycles. The highest BCUT2D eigenvalue weighted by Gasteiger charge is 2.41. The number of nitrogens with zero attached hydrogens (tertiary/aromatic N) is 1. The van der Waals surface area contributed by atoms with Crippen molar-refractivity contribution < 1.29 is 31.9 Å². The second kappa shape index (κ2) is 5.32. The number of rotatable bonds is 5. The number of likely N-dealkylation sites (N-methyl/N-ethyl adjacent to an activating group) is 1. The molecule has 0 fully saturated rings. The summed E-state index contributed by atoms with van der Waals surface area (Å²) in [6.45, 7) is 0.313. The summed E-state index contributed by atoms with van der Waals surface area (Å²) < 4.78 is 44.4. The predicted molar refractivity (Wildman–Crippen MR) is 45.9 cm³/mol. The molecular weight excluding hydrogens is 215 g/mol. The van der Waals surface area contributed by atoms with Crippen molar-refractivity contribution in [2.45, 2.75) is 6.18 Å². The minimum atomic E-state index is -4.92. The molecule has 0 aromatic carbocycles. The Bertz CT molecular complexity index is 216. The van der Waals surface area contributed by atoms with Crippen molar-refractivity contribution in [1.82, 2.24) is 0 Å². The highest BCUT2D eigenvalue weighted by atomic mass is 19.4. The van der Waals surface area contributed by atoms with Gasteiger partial charge in [-0.05, 0) is 0 Å². The predicted octanol–water partition coefficient (Wildman–Crippen LogP) is 0.772. The molecule has 4 nitrogen and oxygen atoms in total. The van der Waals surface area contributed by atoms with E-state index in [9.17, 15) is 18.0 Å². The van der Waals surface area contributed by atoms with Gasteiger partial charge in [-0.2, -0.15) is 13.2 Å². The number of halogens is 3. The van der Waals surface area contributed by atoms with E-state index in [1.165, 1.54) is 7.11 Å². The molecule has 0 aliphatic carbocycles. The van der Waals surface area contributed by atoms with E-state index in [0.29, 0.717) is 11.2 Å². The summed E-state index contributed by atoms with van der Waals surface area (Å²) in [5.74, 6) is -2.15. The van der Waals surface area contributed by atoms with Crippen LogP contribution in [0.2, 0.25) is 0 Å². The standard InChI is InChI=1S/C8H15F3NO3/c1-12(2,6-14-3)4-5-15-7(13)8(9,10)11/h4-6H2,1-3H3/q+1. The summed E-state index contributed by atoms with van der Waals surface area (Å²) >= 11 is 0. The lowest BCUT2D eigenvalue weighted by molar-refractivity contribution is -0.909. The van der Waals surface area contributed by atoms with Gasteiger partial charge in [0.1, 0.15) is 13.2 Å². The van der Waals surface area contributed by atoms with Crippen LogP contribution in [0.4, 0.5) is 13.2 Å². The Morgan fingerprint density at radius 3 is 2.27 bits per heavy atom. The van der Waals surface area contributed by atoms with Gasteiger partial charge in [-0.3, -0.25) is 0 Å². The van der Waals surface area contributed by atoms with Gasteiger partial charge in [-0.1, -0.05) is 0 Å². The molecule has 0 saturated carbocycles. The van der Waals surface area contributed by atoms with Gasteiger partial charge in [0.05, 0.1) is 14.1 Å². The number of hydrogen-bond acceptors (Lipinski definition) is 3. The molecule has 0 aromatic rings. The molecule has 0 aromatic heterocycles. The molecule has 0 radical (unpaired) electrons. The van der Waals surface area contributed by atoms with E-state index >= 15 is 0 Å². The van der Waals surface area contributed by atoms with E-state index in [1.807, 2.05) is 0 Å². The number of alkyl halides is 3. The third kappa shape index (κ3) is 6.29. The zero-order chi connectivity index (χ0) is 12.1. The molecule has 0 rings (SSSR count). The number of esters is 1. The molecular formula is C8H15F3NO3+. The van der Waals surface area contributed by atoms with Crippen molar-refractivity contribution in [1.29, 1.82) is 0 Å². The summed E-state index contributed by atoms with van der Waals surface area (Å²) in [6.07, 6.45) is -4.92. The fourth-order valence-corrected chi connectivity index (χ4v) is 0.881. The highest BCUT2D eigenvalue weighted by Crippen LogP contribution is 2.16. The monoisotopic (exact) mass is 230 g/mol. The molecule has 0 N–H and O–H groups in total. The third-order valence-corrected chi connectivity index (χ3v) is 1.64. The number of carbonyl (C=O) groups excluding carboxylic acids is 1. The van der Waals surface area contributed by atoms with E-state index in [1.54, 1.807) is 14.1 Å². The summed E-state index contributed by atoms with van der Waals surface area (Å²) in [5, 5.41) is 0. The van der Waals surface area contributed by atoms with Gasteiger partial charge in [0.2, 0.25) is 0 Å². The first kappa shape index (κ1) is 14.2. The lowest BCUT2D eigenvalue weighted by atomic mass is 10.5. The summed E-state index contributed by atoms with van der Waals surface area (Å²) in [5.41, 5.74) is 0. The first-order valence-corrected chi connectivity index (χ1v) is 4.24. The van der Waals surface area contributed by atoms with Gasteiger partial charge < -0.3 is 14.0 Å². The summed E-state index contributed by atoms with van der Waals surface area (Å²) in [6, 6.07) is 0. The maximum absolute atomic E-state index is 11.7. The summed E-state index contributed by atoms with van der Waals surface area (Å²) in [4.78, 5) is 10.3. The quantitative estimate of drug-likeness (QED) is 0.397. The number of quaternary nitrogens is 1. The Kier molecular flexibility index (Phi) is 5.02. The Hall–Kier alpha value is -0.820. The van der Waals surface area contributed by atoms with E-state index in [-0.39, 0.29) is 13.2 Å². The molecule has 0 atom stereocenters. The Balaban J connectivity index is 3.85. The lowest BCUT2D eigenvalue weighted by Gasteiger charge is -2.28. The van der Waals surface area contributed by atoms with Gasteiger partial charge >= 0.3 is 12.1 Å². The zero-order valence-corrected chi connectivity index (χ0v) is 8.93. The largest absolute Gasteiger partial charge is 0.490 e. The van der Waals surface area contributed by atoms with Crippen molar-refractivity contribution in [2.75, 3.05) is 41.1 Å². The number of ether oxygens (including phenoxy) is 2. The zero-order valence-electron chi connectivity index (χ0n) is 8.93. The van der Waals surface area contributed by atoms with Crippen LogP contribution in [0.1, 0.15) is 0 Å². The van der Waals surface area contributed by atoms with Crippen molar-refractivity contribution in [3.05, 3.63) is 0 Å². The number of hydrogen-bond donors (Lipinski definition) is 0. The second-order valence-electron chi connectivity index (χ2n) is 3.71. The molecule has 90 valence electrons. The molecule has 0 saturated heterocycles. The van der Waals surface area contributed by atoms with Crippen LogP contribution >= 0.6 is 0 Å². The Morgan fingerprint density at radius 1 is 1.33 bits per heavy atom. The molecule has 15 heavy (non-hydrogen) atoms. The fraction of sp³-hybridized carbons (Fsp3) is 0.875. The Morgan fingerprint density at radius 2 is 1.87 bits per heavy atom. The van der Waals surface area contributed by atoms with Crippen molar-refractivity contribution >= 4 is 5.97 Å². The molecule has 0 aliphatic rings. The maximum atomic E-state index is 11.7. The minimum Gasteiger partial charge on any atom is -0.453 e. The number of methoxy groups -OCH3 is 1. The molecule has 0 amide bonds. The molecule has 0 bridgehead atoms. The van der Waals surface area contributed by atoms with Crippen LogP contribution < -0.4 is 0 Å². The van der Waals surface area contributed by atoms with Crippen LogP contribution in [0.5, 0.6) is 0 Å².